The van der Waals surface area contributed by atoms with Crippen molar-refractivity contribution < 1.29 is 9.59 Å². The van der Waals surface area contributed by atoms with Crippen molar-refractivity contribution in [2.24, 2.45) is 0 Å². The molecule has 1 saturated heterocycles. The summed E-state index contributed by atoms with van der Waals surface area (Å²) in [5.41, 5.74) is 0.357. The third kappa shape index (κ3) is 2.54. The maximum atomic E-state index is 13.1. The van der Waals surface area contributed by atoms with E-state index in [1.54, 1.807) is 31.2 Å². The Bertz CT molecular complexity index is 1030. The minimum absolute atomic E-state index is 0.214. The van der Waals surface area contributed by atoms with Gasteiger partial charge in [-0.1, -0.05) is 72.3 Å². The summed E-state index contributed by atoms with van der Waals surface area (Å²) in [5.74, 6) is -0.302. The van der Waals surface area contributed by atoms with E-state index in [1.807, 2.05) is 42.5 Å². The molecule has 5 heteroatoms. The highest BCUT2D eigenvalue weighted by atomic mass is 35.5. The molecule has 1 aliphatic heterocycles. The lowest BCUT2D eigenvalue weighted by Gasteiger charge is -2.23. The zero-order chi connectivity index (χ0) is 18.3. The molecular weight excluding hydrogens is 348 g/mol. The SMILES string of the molecule is C[C@]1(c2ccccc2Cl)NC(=O)N(Cc2cccc3ccccc23)C1=O. The zero-order valence-electron chi connectivity index (χ0n) is 14.2. The van der Waals surface area contributed by atoms with Crippen molar-refractivity contribution in [3.63, 3.8) is 0 Å². The van der Waals surface area contributed by atoms with Gasteiger partial charge in [0.15, 0.2) is 0 Å². The predicted octanol–water partition coefficient (Wildman–Crippen LogP) is 4.46. The van der Waals surface area contributed by atoms with Crippen LogP contribution in [0.15, 0.2) is 66.7 Å². The van der Waals surface area contributed by atoms with E-state index in [1.165, 1.54) is 4.90 Å². The number of halogens is 1. The highest BCUT2D eigenvalue weighted by Crippen LogP contribution is 2.34. The number of rotatable bonds is 3. The van der Waals surface area contributed by atoms with E-state index < -0.39 is 11.6 Å². The summed E-state index contributed by atoms with van der Waals surface area (Å²) in [5, 5.41) is 5.37. The molecule has 0 aromatic heterocycles. The summed E-state index contributed by atoms with van der Waals surface area (Å²) >= 11 is 6.27. The molecule has 1 atom stereocenters. The lowest BCUT2D eigenvalue weighted by Crippen LogP contribution is -2.41. The topological polar surface area (TPSA) is 49.4 Å². The molecule has 3 aromatic carbocycles. The van der Waals surface area contributed by atoms with E-state index in [4.69, 9.17) is 11.6 Å². The van der Waals surface area contributed by atoms with Crippen molar-refractivity contribution in [3.8, 4) is 0 Å². The molecule has 1 heterocycles. The van der Waals surface area contributed by atoms with E-state index in [0.29, 0.717) is 10.6 Å². The lowest BCUT2D eigenvalue weighted by atomic mass is 9.92. The van der Waals surface area contributed by atoms with Gasteiger partial charge in [-0.3, -0.25) is 9.69 Å². The Kier molecular flexibility index (Phi) is 3.93. The molecular formula is C21H17ClN2O2. The second-order valence-electron chi connectivity index (χ2n) is 6.56. The first-order valence-electron chi connectivity index (χ1n) is 8.36. The molecule has 1 aliphatic rings. The largest absolute Gasteiger partial charge is 0.325 e. The monoisotopic (exact) mass is 364 g/mol. The van der Waals surface area contributed by atoms with Crippen molar-refractivity contribution >= 4 is 34.3 Å². The third-order valence-electron chi connectivity index (χ3n) is 4.90. The van der Waals surface area contributed by atoms with Crippen molar-refractivity contribution in [2.45, 2.75) is 19.0 Å². The van der Waals surface area contributed by atoms with Gasteiger partial charge in [-0.2, -0.15) is 0 Å². The first-order chi connectivity index (χ1) is 12.5. The summed E-state index contributed by atoms with van der Waals surface area (Å²) < 4.78 is 0. The first-order valence-corrected chi connectivity index (χ1v) is 8.74. The number of amides is 3. The van der Waals surface area contributed by atoms with Crippen LogP contribution in [0, 0.1) is 0 Å². The fourth-order valence-corrected chi connectivity index (χ4v) is 3.82. The van der Waals surface area contributed by atoms with Crippen LogP contribution < -0.4 is 5.32 Å². The number of hydrogen-bond donors (Lipinski definition) is 1. The van der Waals surface area contributed by atoms with Gasteiger partial charge in [-0.05, 0) is 29.3 Å². The Morgan fingerprint density at radius 2 is 1.65 bits per heavy atom. The maximum absolute atomic E-state index is 13.1. The minimum atomic E-state index is -1.17. The number of urea groups is 1. The van der Waals surface area contributed by atoms with Crippen LogP contribution in [-0.2, 0) is 16.9 Å². The second kappa shape index (κ2) is 6.15. The van der Waals surface area contributed by atoms with Crippen LogP contribution in [0.2, 0.25) is 5.02 Å². The van der Waals surface area contributed by atoms with Crippen LogP contribution in [0.5, 0.6) is 0 Å². The van der Waals surface area contributed by atoms with E-state index in [9.17, 15) is 9.59 Å². The zero-order valence-corrected chi connectivity index (χ0v) is 15.0. The molecule has 0 aliphatic carbocycles. The fourth-order valence-electron chi connectivity index (χ4n) is 3.49. The first kappa shape index (κ1) is 16.6. The van der Waals surface area contributed by atoms with Crippen molar-refractivity contribution in [1.82, 2.24) is 10.2 Å². The molecule has 1 N–H and O–H groups in total. The Balaban J connectivity index is 1.71. The highest BCUT2D eigenvalue weighted by Gasteiger charge is 2.49. The van der Waals surface area contributed by atoms with Gasteiger partial charge < -0.3 is 5.32 Å². The van der Waals surface area contributed by atoms with Crippen LogP contribution in [0.25, 0.3) is 10.8 Å². The molecule has 0 bridgehead atoms. The van der Waals surface area contributed by atoms with Crippen molar-refractivity contribution in [3.05, 3.63) is 82.9 Å². The smallest absolute Gasteiger partial charge is 0.319 e. The van der Waals surface area contributed by atoms with Gasteiger partial charge in [-0.15, -0.1) is 0 Å². The molecule has 0 saturated carbocycles. The van der Waals surface area contributed by atoms with Gasteiger partial charge in [0, 0.05) is 10.6 Å². The number of carbonyl (C=O) groups excluding carboxylic acids is 2. The highest BCUT2D eigenvalue weighted by molar-refractivity contribution is 6.32. The summed E-state index contributed by atoms with van der Waals surface area (Å²) in [6.07, 6.45) is 0. The van der Waals surface area contributed by atoms with Crippen LogP contribution >= 0.6 is 11.6 Å². The van der Waals surface area contributed by atoms with Crippen molar-refractivity contribution in [2.75, 3.05) is 0 Å². The minimum Gasteiger partial charge on any atom is -0.319 e. The summed E-state index contributed by atoms with van der Waals surface area (Å²) in [7, 11) is 0. The summed E-state index contributed by atoms with van der Waals surface area (Å²) in [6.45, 7) is 1.91. The van der Waals surface area contributed by atoms with Crippen LogP contribution in [-0.4, -0.2) is 16.8 Å². The Labute approximate surface area is 156 Å². The molecule has 26 heavy (non-hydrogen) atoms. The predicted molar refractivity (Wildman–Crippen MR) is 102 cm³/mol. The van der Waals surface area contributed by atoms with Gasteiger partial charge in [-0.25, -0.2) is 4.79 Å². The van der Waals surface area contributed by atoms with Gasteiger partial charge in [0.25, 0.3) is 5.91 Å². The Morgan fingerprint density at radius 1 is 0.962 bits per heavy atom. The second-order valence-corrected chi connectivity index (χ2v) is 6.97. The summed E-state index contributed by atoms with van der Waals surface area (Å²) in [6, 6.07) is 20.5. The number of nitrogens with one attached hydrogen (secondary N) is 1. The van der Waals surface area contributed by atoms with Gasteiger partial charge in [0.1, 0.15) is 5.54 Å². The fraction of sp³-hybridized carbons (Fsp3) is 0.143. The molecule has 4 nitrogen and oxygen atoms in total. The molecule has 0 spiro atoms. The summed E-state index contributed by atoms with van der Waals surface area (Å²) in [4.78, 5) is 26.9. The van der Waals surface area contributed by atoms with E-state index >= 15 is 0 Å². The third-order valence-corrected chi connectivity index (χ3v) is 5.23. The van der Waals surface area contributed by atoms with E-state index in [0.717, 1.165) is 16.3 Å². The number of carbonyl (C=O) groups is 2. The standard InChI is InChI=1S/C21H17ClN2O2/c1-21(17-11-4-5-12-18(17)22)19(25)24(20(26)23-21)13-15-9-6-8-14-7-2-3-10-16(14)15/h2-12H,13H2,1H3,(H,23,26)/t21-/m1/s1. The number of imide groups is 1. The normalized spacial score (nSPS) is 19.8. The molecule has 0 radical (unpaired) electrons. The van der Waals surface area contributed by atoms with Crippen molar-refractivity contribution in [1.29, 1.82) is 0 Å². The van der Waals surface area contributed by atoms with Gasteiger partial charge in [0.2, 0.25) is 0 Å². The van der Waals surface area contributed by atoms with E-state index in [2.05, 4.69) is 5.32 Å². The van der Waals surface area contributed by atoms with Crippen LogP contribution in [0.3, 0.4) is 0 Å². The number of hydrogen-bond acceptors (Lipinski definition) is 2. The molecule has 0 unspecified atom stereocenters. The van der Waals surface area contributed by atoms with Gasteiger partial charge in [0.05, 0.1) is 6.54 Å². The molecule has 130 valence electrons. The van der Waals surface area contributed by atoms with E-state index in [-0.39, 0.29) is 12.5 Å². The quantitative estimate of drug-likeness (QED) is 0.697. The average molecular weight is 365 g/mol. The lowest BCUT2D eigenvalue weighted by molar-refractivity contribution is -0.131. The van der Waals surface area contributed by atoms with Gasteiger partial charge >= 0.3 is 6.03 Å². The Morgan fingerprint density at radius 3 is 2.46 bits per heavy atom. The average Bonchev–Trinajstić information content (AvgIpc) is 2.86. The maximum Gasteiger partial charge on any atom is 0.325 e. The van der Waals surface area contributed by atoms with Crippen LogP contribution in [0.1, 0.15) is 18.1 Å². The number of fused-ring (bicyclic) bond motifs is 1. The molecule has 3 aromatic rings. The molecule has 4 rings (SSSR count). The molecule has 1 fully saturated rings. The Hall–Kier alpha value is -2.85. The molecule has 3 amide bonds. The number of nitrogens with zero attached hydrogens (tertiary/aromatic N) is 1. The number of benzene rings is 3. The van der Waals surface area contributed by atoms with Crippen LogP contribution in [0.4, 0.5) is 4.79 Å².